The summed E-state index contributed by atoms with van der Waals surface area (Å²) in [5, 5.41) is 20.0. The molecule has 138 valence electrons. The first-order valence-corrected chi connectivity index (χ1v) is 8.34. The zero-order valence-electron chi connectivity index (χ0n) is 13.9. The predicted molar refractivity (Wildman–Crippen MR) is 91.3 cm³/mol. The van der Waals surface area contributed by atoms with Crippen molar-refractivity contribution in [2.24, 2.45) is 0 Å². The SMILES string of the molecule is CC1CC(C(=O)O)n2c1nc(-c1c(-n3cnnn3)ccc(Cl)c1F)cc2=O. The minimum absolute atomic E-state index is 0.0367. The summed E-state index contributed by atoms with van der Waals surface area (Å²) in [7, 11) is 0. The Balaban J connectivity index is 1.98. The monoisotopic (exact) mass is 390 g/mol. The molecule has 2 aromatic heterocycles. The largest absolute Gasteiger partial charge is 0.480 e. The summed E-state index contributed by atoms with van der Waals surface area (Å²) < 4.78 is 17.2. The van der Waals surface area contributed by atoms with E-state index in [2.05, 4.69) is 20.5 Å². The van der Waals surface area contributed by atoms with Crippen LogP contribution in [-0.4, -0.2) is 40.8 Å². The Morgan fingerprint density at radius 3 is 2.85 bits per heavy atom. The lowest BCUT2D eigenvalue weighted by molar-refractivity contribution is -0.140. The second-order valence-electron chi connectivity index (χ2n) is 6.21. The molecule has 0 amide bonds. The van der Waals surface area contributed by atoms with Crippen LogP contribution in [0.5, 0.6) is 0 Å². The van der Waals surface area contributed by atoms with Crippen LogP contribution < -0.4 is 5.56 Å². The Morgan fingerprint density at radius 1 is 1.41 bits per heavy atom. The van der Waals surface area contributed by atoms with Crippen molar-refractivity contribution in [3.8, 4) is 16.9 Å². The molecule has 0 saturated carbocycles. The number of rotatable bonds is 3. The minimum atomic E-state index is -1.11. The third-order valence-electron chi connectivity index (χ3n) is 4.52. The highest BCUT2D eigenvalue weighted by molar-refractivity contribution is 6.31. The van der Waals surface area contributed by atoms with E-state index < -0.39 is 23.4 Å². The molecule has 0 bridgehead atoms. The first-order valence-electron chi connectivity index (χ1n) is 7.96. The Bertz CT molecular complexity index is 1110. The molecule has 1 aromatic carbocycles. The van der Waals surface area contributed by atoms with Gasteiger partial charge in [0.1, 0.15) is 18.2 Å². The number of fused-ring (bicyclic) bond motifs is 1. The van der Waals surface area contributed by atoms with Crippen molar-refractivity contribution in [3.63, 3.8) is 0 Å². The maximum absolute atomic E-state index is 14.9. The van der Waals surface area contributed by atoms with Crippen molar-refractivity contribution in [2.45, 2.75) is 25.3 Å². The van der Waals surface area contributed by atoms with E-state index in [0.29, 0.717) is 0 Å². The zero-order valence-corrected chi connectivity index (χ0v) is 14.6. The lowest BCUT2D eigenvalue weighted by Gasteiger charge is -2.14. The van der Waals surface area contributed by atoms with E-state index in [-0.39, 0.29) is 40.1 Å². The van der Waals surface area contributed by atoms with Crippen LogP contribution in [0.1, 0.15) is 31.1 Å². The summed E-state index contributed by atoms with van der Waals surface area (Å²) in [6.07, 6.45) is 1.51. The van der Waals surface area contributed by atoms with Crippen molar-refractivity contribution in [1.82, 2.24) is 29.8 Å². The third kappa shape index (κ3) is 2.69. The Hall–Kier alpha value is -3.14. The lowest BCUT2D eigenvalue weighted by Crippen LogP contribution is -2.28. The van der Waals surface area contributed by atoms with Gasteiger partial charge in [0.05, 0.1) is 22.0 Å². The van der Waals surface area contributed by atoms with Crippen LogP contribution >= 0.6 is 11.6 Å². The van der Waals surface area contributed by atoms with Crippen LogP contribution in [0.15, 0.2) is 29.3 Å². The van der Waals surface area contributed by atoms with Crippen LogP contribution in [0.3, 0.4) is 0 Å². The summed E-state index contributed by atoms with van der Waals surface area (Å²) in [5.74, 6) is -1.88. The highest BCUT2D eigenvalue weighted by Gasteiger charge is 2.35. The van der Waals surface area contributed by atoms with Crippen LogP contribution in [0.4, 0.5) is 4.39 Å². The molecule has 0 spiro atoms. The number of tetrazole rings is 1. The zero-order chi connectivity index (χ0) is 19.3. The number of carboxylic acids is 1. The molecule has 2 unspecified atom stereocenters. The van der Waals surface area contributed by atoms with Crippen molar-refractivity contribution in [2.75, 3.05) is 0 Å². The number of carbonyl (C=O) groups is 1. The average Bonchev–Trinajstić information content (AvgIpc) is 3.26. The normalized spacial score (nSPS) is 18.5. The third-order valence-corrected chi connectivity index (χ3v) is 4.81. The summed E-state index contributed by atoms with van der Waals surface area (Å²) in [4.78, 5) is 28.4. The number of nitrogens with zero attached hydrogens (tertiary/aromatic N) is 6. The fraction of sp³-hybridized carbons (Fsp3) is 0.250. The molecule has 3 heterocycles. The molecule has 0 aliphatic carbocycles. The van der Waals surface area contributed by atoms with Gasteiger partial charge in [-0.2, -0.15) is 4.68 Å². The van der Waals surface area contributed by atoms with Gasteiger partial charge in [0.15, 0.2) is 5.82 Å². The molecule has 1 aliphatic rings. The van der Waals surface area contributed by atoms with Crippen molar-refractivity contribution >= 4 is 17.6 Å². The van der Waals surface area contributed by atoms with Gasteiger partial charge in [-0.3, -0.25) is 9.36 Å². The van der Waals surface area contributed by atoms with Crippen LogP contribution in [0, 0.1) is 5.82 Å². The second-order valence-corrected chi connectivity index (χ2v) is 6.62. The van der Waals surface area contributed by atoms with Crippen LogP contribution in [0.2, 0.25) is 5.02 Å². The first-order chi connectivity index (χ1) is 12.9. The van der Waals surface area contributed by atoms with Gasteiger partial charge in [0.25, 0.3) is 5.56 Å². The summed E-state index contributed by atoms with van der Waals surface area (Å²) >= 11 is 5.92. The van der Waals surface area contributed by atoms with Gasteiger partial charge >= 0.3 is 5.97 Å². The molecule has 0 radical (unpaired) electrons. The molecule has 1 N–H and O–H groups in total. The summed E-state index contributed by atoms with van der Waals surface area (Å²) in [6, 6.07) is 2.96. The fourth-order valence-electron chi connectivity index (χ4n) is 3.30. The molecule has 27 heavy (non-hydrogen) atoms. The van der Waals surface area contributed by atoms with Crippen LogP contribution in [-0.2, 0) is 4.79 Å². The highest BCUT2D eigenvalue weighted by Crippen LogP contribution is 2.36. The molecule has 9 nitrogen and oxygen atoms in total. The van der Waals surface area contributed by atoms with Gasteiger partial charge in [-0.05, 0) is 29.0 Å². The van der Waals surface area contributed by atoms with Gasteiger partial charge in [-0.1, -0.05) is 18.5 Å². The summed E-state index contributed by atoms with van der Waals surface area (Å²) in [6.45, 7) is 1.77. The Kier molecular flexibility index (Phi) is 3.99. The maximum Gasteiger partial charge on any atom is 0.326 e. The van der Waals surface area contributed by atoms with Gasteiger partial charge in [-0.25, -0.2) is 14.2 Å². The Labute approximate surface area is 156 Å². The molecule has 2 atom stereocenters. The van der Waals surface area contributed by atoms with E-state index >= 15 is 0 Å². The number of benzene rings is 1. The maximum atomic E-state index is 14.9. The van der Waals surface area contributed by atoms with Crippen LogP contribution in [0.25, 0.3) is 16.9 Å². The van der Waals surface area contributed by atoms with E-state index in [1.165, 1.54) is 23.1 Å². The molecule has 0 saturated heterocycles. The molecule has 4 rings (SSSR count). The van der Waals surface area contributed by atoms with E-state index in [9.17, 15) is 19.1 Å². The fourth-order valence-corrected chi connectivity index (χ4v) is 3.46. The smallest absolute Gasteiger partial charge is 0.326 e. The van der Waals surface area contributed by atoms with E-state index in [0.717, 1.165) is 10.6 Å². The number of carboxylic acid groups (broad SMARTS) is 1. The number of hydrogen-bond acceptors (Lipinski definition) is 6. The Morgan fingerprint density at radius 2 is 2.19 bits per heavy atom. The standard InChI is InChI=1S/C16H12ClFN6O3/c1-7-4-11(16(26)27)24-12(25)5-9(20-15(7)24)13-10(23-6-19-21-22-23)3-2-8(17)14(13)18/h2-3,5-7,11H,4H2,1H3,(H,26,27). The van der Waals surface area contributed by atoms with Crippen molar-refractivity contribution < 1.29 is 14.3 Å². The number of halogens is 2. The highest BCUT2D eigenvalue weighted by atomic mass is 35.5. The second kappa shape index (κ2) is 6.23. The van der Waals surface area contributed by atoms with E-state index in [4.69, 9.17) is 11.6 Å². The average molecular weight is 391 g/mol. The van der Waals surface area contributed by atoms with Gasteiger partial charge in [-0.15, -0.1) is 5.10 Å². The minimum Gasteiger partial charge on any atom is -0.480 e. The van der Waals surface area contributed by atoms with Crippen molar-refractivity contribution in [3.05, 3.63) is 51.5 Å². The molecular weight excluding hydrogens is 379 g/mol. The number of hydrogen-bond donors (Lipinski definition) is 1. The van der Waals surface area contributed by atoms with E-state index in [1.54, 1.807) is 6.92 Å². The van der Waals surface area contributed by atoms with Gasteiger partial charge in [0, 0.05) is 12.0 Å². The number of aromatic nitrogens is 6. The number of aliphatic carboxylic acids is 1. The molecule has 0 fully saturated rings. The lowest BCUT2D eigenvalue weighted by atomic mass is 10.1. The topological polar surface area (TPSA) is 116 Å². The first kappa shape index (κ1) is 17.3. The molecule has 3 aromatic rings. The molecule has 1 aliphatic heterocycles. The molecule has 11 heteroatoms. The van der Waals surface area contributed by atoms with Crippen molar-refractivity contribution in [1.29, 1.82) is 0 Å². The van der Waals surface area contributed by atoms with Gasteiger partial charge < -0.3 is 5.11 Å². The predicted octanol–water partition coefficient (Wildman–Crippen LogP) is 1.81. The molecular formula is C16H12ClFN6O3. The van der Waals surface area contributed by atoms with E-state index in [1.807, 2.05) is 0 Å². The summed E-state index contributed by atoms with van der Waals surface area (Å²) in [5.41, 5.74) is -0.330. The van der Waals surface area contributed by atoms with Gasteiger partial charge in [0.2, 0.25) is 0 Å². The quantitative estimate of drug-likeness (QED) is 0.724.